The average Bonchev–Trinajstić information content (AvgIpc) is 3.01. The highest BCUT2D eigenvalue weighted by atomic mass is 32.2. The topological polar surface area (TPSA) is 95.1 Å². The molecule has 0 aromatic heterocycles. The molecule has 1 saturated heterocycles. The molecule has 32 heavy (non-hydrogen) atoms. The molecule has 1 amide bonds. The number of benzene rings is 2. The smallest absolute Gasteiger partial charge is 0.243 e. The van der Waals surface area contributed by atoms with Crippen LogP contribution in [0.3, 0.4) is 0 Å². The maximum absolute atomic E-state index is 13.0. The van der Waals surface area contributed by atoms with Crippen LogP contribution in [0.15, 0.2) is 58.3 Å². The summed E-state index contributed by atoms with van der Waals surface area (Å²) in [5.74, 6) is -0.349. The monoisotopic (exact) mass is 479 g/mol. The summed E-state index contributed by atoms with van der Waals surface area (Å²) in [5.41, 5.74) is 1.92. The minimum absolute atomic E-state index is 0.129. The van der Waals surface area contributed by atoms with Gasteiger partial charge < -0.3 is 4.90 Å². The number of sulfonamides is 2. The molecule has 10 heteroatoms. The van der Waals surface area contributed by atoms with Crippen LogP contribution in [0.1, 0.15) is 17.5 Å². The molecular formula is C22H29N3O5S2. The quantitative estimate of drug-likeness (QED) is 0.630. The largest absolute Gasteiger partial charge is 0.340 e. The van der Waals surface area contributed by atoms with Crippen molar-refractivity contribution >= 4 is 26.0 Å². The number of nitrogens with zero attached hydrogens (tertiary/aromatic N) is 3. The summed E-state index contributed by atoms with van der Waals surface area (Å²) in [5, 5.41) is 0. The number of hydrogen-bond donors (Lipinski definition) is 0. The lowest BCUT2D eigenvalue weighted by atomic mass is 10.2. The number of rotatable bonds is 6. The van der Waals surface area contributed by atoms with Gasteiger partial charge in [-0.1, -0.05) is 35.4 Å². The first-order chi connectivity index (χ1) is 15.0. The Hall–Kier alpha value is -2.27. The highest BCUT2D eigenvalue weighted by Crippen LogP contribution is 2.19. The van der Waals surface area contributed by atoms with Crippen LogP contribution in [0.5, 0.6) is 0 Å². The summed E-state index contributed by atoms with van der Waals surface area (Å²) in [6.45, 7) is 4.50. The Bertz CT molecular complexity index is 1160. The summed E-state index contributed by atoms with van der Waals surface area (Å²) >= 11 is 0. The van der Waals surface area contributed by atoms with Crippen LogP contribution in [0.2, 0.25) is 0 Å². The molecule has 174 valence electrons. The van der Waals surface area contributed by atoms with Crippen molar-refractivity contribution in [2.45, 2.75) is 30.1 Å². The second-order valence-electron chi connectivity index (χ2n) is 8.03. The van der Waals surface area contributed by atoms with E-state index in [2.05, 4.69) is 0 Å². The Morgan fingerprint density at radius 3 is 1.91 bits per heavy atom. The fourth-order valence-electron chi connectivity index (χ4n) is 3.51. The fraction of sp³-hybridized carbons (Fsp3) is 0.409. The predicted molar refractivity (Wildman–Crippen MR) is 122 cm³/mol. The van der Waals surface area contributed by atoms with Crippen molar-refractivity contribution in [1.29, 1.82) is 0 Å². The molecule has 1 aliphatic rings. The summed E-state index contributed by atoms with van der Waals surface area (Å²) in [6, 6.07) is 13.1. The van der Waals surface area contributed by atoms with Crippen molar-refractivity contribution < 1.29 is 21.6 Å². The zero-order chi connectivity index (χ0) is 23.5. The summed E-state index contributed by atoms with van der Waals surface area (Å²) in [7, 11) is -6.07. The Morgan fingerprint density at radius 2 is 1.34 bits per heavy atom. The highest BCUT2D eigenvalue weighted by molar-refractivity contribution is 7.89. The molecule has 0 atom stereocenters. The number of amides is 1. The van der Waals surface area contributed by atoms with E-state index in [1.165, 1.54) is 28.4 Å². The first kappa shape index (κ1) is 24.4. The van der Waals surface area contributed by atoms with Gasteiger partial charge in [0.1, 0.15) is 0 Å². The maximum atomic E-state index is 13.0. The lowest BCUT2D eigenvalue weighted by molar-refractivity contribution is -0.131. The van der Waals surface area contributed by atoms with Crippen LogP contribution >= 0.6 is 0 Å². The van der Waals surface area contributed by atoms with Crippen molar-refractivity contribution in [3.05, 3.63) is 59.7 Å². The lowest BCUT2D eigenvalue weighted by Gasteiger charge is -2.24. The molecular weight excluding hydrogens is 450 g/mol. The van der Waals surface area contributed by atoms with Crippen molar-refractivity contribution in [3.8, 4) is 0 Å². The summed E-state index contributed by atoms with van der Waals surface area (Å²) in [4.78, 5) is 14.7. The van der Waals surface area contributed by atoms with E-state index in [0.29, 0.717) is 19.5 Å². The molecule has 0 spiro atoms. The normalized spacial score (nSPS) is 16.2. The maximum Gasteiger partial charge on any atom is 0.243 e. The first-order valence-corrected chi connectivity index (χ1v) is 13.3. The number of likely N-dealkylation sites (N-methyl/N-ethyl adjacent to an activating group) is 1. The van der Waals surface area contributed by atoms with Crippen LogP contribution in [-0.2, 0) is 24.8 Å². The molecule has 1 heterocycles. The van der Waals surface area contributed by atoms with Crippen molar-refractivity contribution in [3.63, 3.8) is 0 Å². The van der Waals surface area contributed by atoms with Gasteiger partial charge in [0.25, 0.3) is 0 Å². The summed E-state index contributed by atoms with van der Waals surface area (Å²) < 4.78 is 53.8. The van der Waals surface area contributed by atoms with Gasteiger partial charge in [0.2, 0.25) is 26.0 Å². The van der Waals surface area contributed by atoms with Crippen LogP contribution in [0.25, 0.3) is 0 Å². The molecule has 2 aromatic rings. The number of hydrogen-bond acceptors (Lipinski definition) is 5. The standard InChI is InChI=1S/C22H29N3O5S2/c1-18-5-9-20(10-6-18)31(27,28)23(3)17-22(26)24-13-4-14-25(16-15-24)32(29,30)21-11-7-19(2)8-12-21/h5-12H,4,13-17H2,1-3H3. The molecule has 0 unspecified atom stereocenters. The first-order valence-electron chi connectivity index (χ1n) is 10.4. The minimum atomic E-state index is -3.79. The Morgan fingerprint density at radius 1 is 0.812 bits per heavy atom. The fourth-order valence-corrected chi connectivity index (χ4v) is 6.10. The van der Waals surface area contributed by atoms with Gasteiger partial charge in [-0.2, -0.15) is 8.61 Å². The molecule has 1 aliphatic heterocycles. The average molecular weight is 480 g/mol. The van der Waals surface area contributed by atoms with Crippen molar-refractivity contribution in [2.24, 2.45) is 0 Å². The van der Waals surface area contributed by atoms with E-state index in [4.69, 9.17) is 0 Å². The molecule has 0 aliphatic carbocycles. The van der Waals surface area contributed by atoms with Gasteiger partial charge in [-0.25, -0.2) is 16.8 Å². The third kappa shape index (κ3) is 5.37. The molecule has 3 rings (SSSR count). The number of carbonyl (C=O) groups excluding carboxylic acids is 1. The van der Waals surface area contributed by atoms with E-state index in [9.17, 15) is 21.6 Å². The molecule has 1 fully saturated rings. The second kappa shape index (κ2) is 9.70. The van der Waals surface area contributed by atoms with Crippen molar-refractivity contribution in [1.82, 2.24) is 13.5 Å². The third-order valence-corrected chi connectivity index (χ3v) is 9.28. The Balaban J connectivity index is 1.65. The highest BCUT2D eigenvalue weighted by Gasteiger charge is 2.30. The van der Waals surface area contributed by atoms with Crippen LogP contribution in [-0.4, -0.2) is 76.0 Å². The molecule has 0 saturated carbocycles. The van der Waals surface area contributed by atoms with E-state index in [1.807, 2.05) is 13.8 Å². The summed E-state index contributed by atoms with van der Waals surface area (Å²) in [6.07, 6.45) is 0.477. The van der Waals surface area contributed by atoms with Gasteiger partial charge in [-0.15, -0.1) is 0 Å². The Kier molecular flexibility index (Phi) is 7.39. The number of carbonyl (C=O) groups is 1. The zero-order valence-electron chi connectivity index (χ0n) is 18.6. The molecule has 8 nitrogen and oxygen atoms in total. The van der Waals surface area contributed by atoms with Gasteiger partial charge in [-0.3, -0.25) is 4.79 Å². The van der Waals surface area contributed by atoms with Gasteiger partial charge in [-0.05, 0) is 44.5 Å². The Labute approximate surface area is 190 Å². The van der Waals surface area contributed by atoms with Gasteiger partial charge in [0.05, 0.1) is 16.3 Å². The van der Waals surface area contributed by atoms with E-state index < -0.39 is 20.0 Å². The molecule has 0 N–H and O–H groups in total. The third-order valence-electron chi connectivity index (χ3n) is 5.55. The van der Waals surface area contributed by atoms with Crippen molar-refractivity contribution in [2.75, 3.05) is 39.8 Å². The number of aryl methyl sites for hydroxylation is 2. The zero-order valence-corrected chi connectivity index (χ0v) is 20.2. The van der Waals surface area contributed by atoms with E-state index >= 15 is 0 Å². The van der Waals surface area contributed by atoms with E-state index in [-0.39, 0.29) is 35.3 Å². The second-order valence-corrected chi connectivity index (χ2v) is 12.0. The molecule has 0 radical (unpaired) electrons. The molecule has 2 aromatic carbocycles. The van der Waals surface area contributed by atoms with Gasteiger partial charge in [0.15, 0.2) is 0 Å². The molecule has 0 bridgehead atoms. The van der Waals surface area contributed by atoms with Crippen LogP contribution in [0.4, 0.5) is 0 Å². The van der Waals surface area contributed by atoms with Gasteiger partial charge >= 0.3 is 0 Å². The lowest BCUT2D eigenvalue weighted by Crippen LogP contribution is -2.43. The van der Waals surface area contributed by atoms with E-state index in [1.54, 1.807) is 36.4 Å². The van der Waals surface area contributed by atoms with Gasteiger partial charge in [0, 0.05) is 33.2 Å². The van der Waals surface area contributed by atoms with Crippen LogP contribution < -0.4 is 0 Å². The SMILES string of the molecule is Cc1ccc(S(=O)(=O)N(C)CC(=O)N2CCCN(S(=O)(=O)c3ccc(C)cc3)CC2)cc1. The van der Waals surface area contributed by atoms with E-state index in [0.717, 1.165) is 15.4 Å². The minimum Gasteiger partial charge on any atom is -0.340 e. The van der Waals surface area contributed by atoms with Crippen LogP contribution in [0, 0.1) is 13.8 Å². The predicted octanol–water partition coefficient (Wildman–Crippen LogP) is 1.85.